The molecule has 2 aliphatic rings. The van der Waals surface area contributed by atoms with Crippen LogP contribution < -0.4 is 4.90 Å². The molecule has 0 aromatic carbocycles. The maximum atomic E-state index is 11.2. The number of nitro groups is 1. The quantitative estimate of drug-likeness (QED) is 0.476. The van der Waals surface area contributed by atoms with E-state index in [1.807, 2.05) is 0 Å². The van der Waals surface area contributed by atoms with Gasteiger partial charge in [-0.3, -0.25) is 10.1 Å². The van der Waals surface area contributed by atoms with Crippen molar-refractivity contribution in [1.29, 1.82) is 0 Å². The average Bonchev–Trinajstić information content (AvgIpc) is 2.46. The molecule has 0 N–H and O–H groups in total. The minimum atomic E-state index is -0.419. The van der Waals surface area contributed by atoms with E-state index in [2.05, 4.69) is 14.9 Å². The Balaban J connectivity index is 1.98. The Morgan fingerprint density at radius 2 is 2.05 bits per heavy atom. The summed E-state index contributed by atoms with van der Waals surface area (Å²) >= 11 is 5.84. The molecule has 20 heavy (non-hydrogen) atoms. The first kappa shape index (κ1) is 13.5. The number of piperidine rings is 1. The second-order valence-electron chi connectivity index (χ2n) is 5.55. The lowest BCUT2D eigenvalue weighted by Gasteiger charge is -2.44. The maximum Gasteiger partial charge on any atom is 0.329 e. The molecule has 1 aromatic rings. The van der Waals surface area contributed by atoms with Gasteiger partial charge in [0.05, 0.1) is 4.92 Å². The minimum absolute atomic E-state index is 0.0411. The third-order valence-corrected chi connectivity index (χ3v) is 4.61. The fourth-order valence-corrected chi connectivity index (χ4v) is 3.70. The summed E-state index contributed by atoms with van der Waals surface area (Å²) in [4.78, 5) is 20.8. The lowest BCUT2D eigenvalue weighted by molar-refractivity contribution is -0.384. The zero-order chi connectivity index (χ0) is 14.1. The molecule has 0 radical (unpaired) electrons. The molecule has 2 heterocycles. The second-order valence-corrected chi connectivity index (χ2v) is 5.89. The van der Waals surface area contributed by atoms with Crippen LogP contribution in [0.25, 0.3) is 0 Å². The van der Waals surface area contributed by atoms with E-state index in [-0.39, 0.29) is 11.0 Å². The first-order valence-electron chi connectivity index (χ1n) is 7.10. The molecule has 1 aliphatic carbocycles. The van der Waals surface area contributed by atoms with Crippen molar-refractivity contribution in [3.05, 3.63) is 21.6 Å². The van der Waals surface area contributed by atoms with Gasteiger partial charge in [0.2, 0.25) is 11.1 Å². The zero-order valence-electron chi connectivity index (χ0n) is 11.2. The van der Waals surface area contributed by atoms with Crippen molar-refractivity contribution in [3.8, 4) is 0 Å². The van der Waals surface area contributed by atoms with Crippen molar-refractivity contribution in [1.82, 2.24) is 9.97 Å². The summed E-state index contributed by atoms with van der Waals surface area (Å²) in [6.45, 7) is 0.815. The van der Waals surface area contributed by atoms with Crippen molar-refractivity contribution < 1.29 is 4.92 Å². The number of fused-ring (bicyclic) bond motifs is 1. The number of halogens is 1. The topological polar surface area (TPSA) is 72.2 Å². The maximum absolute atomic E-state index is 11.2. The lowest BCUT2D eigenvalue weighted by Crippen LogP contribution is -2.47. The van der Waals surface area contributed by atoms with Crippen LogP contribution in [0.5, 0.6) is 0 Å². The second kappa shape index (κ2) is 5.52. The van der Waals surface area contributed by atoms with Gasteiger partial charge in [0.25, 0.3) is 0 Å². The van der Waals surface area contributed by atoms with E-state index < -0.39 is 4.92 Å². The summed E-state index contributed by atoms with van der Waals surface area (Å²) in [7, 11) is 0. The summed E-state index contributed by atoms with van der Waals surface area (Å²) < 4.78 is 0. The highest BCUT2D eigenvalue weighted by molar-refractivity contribution is 6.28. The van der Waals surface area contributed by atoms with E-state index in [0.29, 0.717) is 17.8 Å². The summed E-state index contributed by atoms with van der Waals surface area (Å²) in [5, 5.41) is 11.3. The fourth-order valence-electron chi connectivity index (χ4n) is 3.57. The van der Waals surface area contributed by atoms with Crippen LogP contribution in [0.15, 0.2) is 6.20 Å². The molecule has 0 amide bonds. The SMILES string of the molecule is O=[N+]([O-])c1cnc(Cl)nc1N1CCC[C@H]2CCCC[C@H]21. The van der Waals surface area contributed by atoms with E-state index >= 15 is 0 Å². The summed E-state index contributed by atoms with van der Waals surface area (Å²) in [6, 6.07) is 0.363. The molecule has 6 nitrogen and oxygen atoms in total. The molecule has 1 saturated carbocycles. The van der Waals surface area contributed by atoms with Crippen LogP contribution in [0.3, 0.4) is 0 Å². The molecule has 1 aromatic heterocycles. The smallest absolute Gasteiger partial charge is 0.329 e. The fraction of sp³-hybridized carbons (Fsp3) is 0.692. The molecule has 0 bridgehead atoms. The molecule has 3 rings (SSSR count). The van der Waals surface area contributed by atoms with Crippen molar-refractivity contribution >= 4 is 23.1 Å². The van der Waals surface area contributed by atoms with Crippen LogP contribution in [-0.4, -0.2) is 27.5 Å². The number of aromatic nitrogens is 2. The van der Waals surface area contributed by atoms with Crippen LogP contribution in [-0.2, 0) is 0 Å². The van der Waals surface area contributed by atoms with E-state index in [1.54, 1.807) is 0 Å². The highest BCUT2D eigenvalue weighted by atomic mass is 35.5. The van der Waals surface area contributed by atoms with Gasteiger partial charge in [0, 0.05) is 12.6 Å². The summed E-state index contributed by atoms with van der Waals surface area (Å²) in [6.07, 6.45) is 8.24. The molecule has 7 heteroatoms. The predicted octanol–water partition coefficient (Wildman–Crippen LogP) is 3.20. The van der Waals surface area contributed by atoms with E-state index in [4.69, 9.17) is 11.6 Å². The molecule has 108 valence electrons. The van der Waals surface area contributed by atoms with Gasteiger partial charge in [-0.25, -0.2) is 4.98 Å². The molecule has 1 saturated heterocycles. The van der Waals surface area contributed by atoms with Crippen molar-refractivity contribution in [2.75, 3.05) is 11.4 Å². The Labute approximate surface area is 122 Å². The largest absolute Gasteiger partial charge is 0.347 e. The third-order valence-electron chi connectivity index (χ3n) is 4.43. The first-order valence-corrected chi connectivity index (χ1v) is 7.48. The standard InChI is InChI=1S/C13H17ClN4O2/c14-13-15-8-11(18(19)20)12(16-13)17-7-3-5-9-4-1-2-6-10(9)17/h8-10H,1-7H2/t9-,10-/m1/s1. The number of rotatable bonds is 2. The first-order chi connectivity index (χ1) is 9.66. The number of hydrogen-bond acceptors (Lipinski definition) is 5. The molecular formula is C13H17ClN4O2. The van der Waals surface area contributed by atoms with Gasteiger partial charge in [-0.2, -0.15) is 4.98 Å². The Kier molecular flexibility index (Phi) is 3.74. The van der Waals surface area contributed by atoms with Gasteiger partial charge in [-0.05, 0) is 43.2 Å². The van der Waals surface area contributed by atoms with Crippen molar-refractivity contribution in [3.63, 3.8) is 0 Å². The number of anilines is 1. The Hall–Kier alpha value is -1.43. The zero-order valence-corrected chi connectivity index (χ0v) is 11.9. The van der Waals surface area contributed by atoms with Crippen LogP contribution >= 0.6 is 11.6 Å². The Morgan fingerprint density at radius 3 is 2.85 bits per heavy atom. The van der Waals surface area contributed by atoms with Crippen LogP contribution in [0.1, 0.15) is 38.5 Å². The van der Waals surface area contributed by atoms with E-state index in [1.165, 1.54) is 31.9 Å². The normalized spacial score (nSPS) is 26.1. The van der Waals surface area contributed by atoms with Gasteiger partial charge in [-0.1, -0.05) is 12.8 Å². The van der Waals surface area contributed by atoms with Crippen molar-refractivity contribution in [2.24, 2.45) is 5.92 Å². The predicted molar refractivity (Wildman–Crippen MR) is 76.0 cm³/mol. The lowest BCUT2D eigenvalue weighted by atomic mass is 9.78. The molecule has 1 aliphatic heterocycles. The highest BCUT2D eigenvalue weighted by Gasteiger charge is 2.36. The highest BCUT2D eigenvalue weighted by Crippen LogP contribution is 2.39. The van der Waals surface area contributed by atoms with Crippen LogP contribution in [0, 0.1) is 16.0 Å². The Bertz CT molecular complexity index is 523. The molecule has 0 spiro atoms. The Morgan fingerprint density at radius 1 is 1.30 bits per heavy atom. The van der Waals surface area contributed by atoms with Crippen LogP contribution in [0.4, 0.5) is 11.5 Å². The van der Waals surface area contributed by atoms with Gasteiger partial charge >= 0.3 is 5.69 Å². The molecule has 0 unspecified atom stereocenters. The van der Waals surface area contributed by atoms with Crippen molar-refractivity contribution in [2.45, 2.75) is 44.6 Å². The van der Waals surface area contributed by atoms with Crippen LogP contribution in [0.2, 0.25) is 5.28 Å². The number of hydrogen-bond donors (Lipinski definition) is 0. The average molecular weight is 297 g/mol. The molecule has 2 fully saturated rings. The van der Waals surface area contributed by atoms with Gasteiger partial charge in [0.1, 0.15) is 6.20 Å². The van der Waals surface area contributed by atoms with E-state index in [0.717, 1.165) is 19.4 Å². The van der Waals surface area contributed by atoms with Gasteiger partial charge in [-0.15, -0.1) is 0 Å². The van der Waals surface area contributed by atoms with Gasteiger partial charge in [0.15, 0.2) is 0 Å². The van der Waals surface area contributed by atoms with Gasteiger partial charge < -0.3 is 4.90 Å². The minimum Gasteiger partial charge on any atom is -0.347 e. The van der Waals surface area contributed by atoms with E-state index in [9.17, 15) is 10.1 Å². The molecular weight excluding hydrogens is 280 g/mol. The third kappa shape index (κ3) is 2.44. The summed E-state index contributed by atoms with van der Waals surface area (Å²) in [5.74, 6) is 1.03. The summed E-state index contributed by atoms with van der Waals surface area (Å²) in [5.41, 5.74) is -0.0411. The molecule has 2 atom stereocenters. The number of nitrogens with zero attached hydrogens (tertiary/aromatic N) is 4. The monoisotopic (exact) mass is 296 g/mol.